The second kappa shape index (κ2) is 8.26. The van der Waals surface area contributed by atoms with Crippen molar-refractivity contribution in [1.82, 2.24) is 5.32 Å². The fourth-order valence-corrected chi connectivity index (χ4v) is 2.60. The molecule has 0 amide bonds. The van der Waals surface area contributed by atoms with Crippen LogP contribution in [0.3, 0.4) is 0 Å². The van der Waals surface area contributed by atoms with Crippen molar-refractivity contribution >= 4 is 34.4 Å². The van der Waals surface area contributed by atoms with Gasteiger partial charge in [-0.3, -0.25) is 10.1 Å². The molecule has 126 valence electrons. The topological polar surface area (TPSA) is 79.2 Å². The van der Waals surface area contributed by atoms with Gasteiger partial charge in [-0.05, 0) is 55.4 Å². The van der Waals surface area contributed by atoms with E-state index in [0.29, 0.717) is 23.9 Å². The van der Waals surface area contributed by atoms with Crippen molar-refractivity contribution in [3.63, 3.8) is 0 Å². The summed E-state index contributed by atoms with van der Waals surface area (Å²) in [4.78, 5) is 10.5. The number of benzene rings is 2. The molecule has 0 aliphatic carbocycles. The summed E-state index contributed by atoms with van der Waals surface area (Å²) in [6, 6.07) is 12.7. The predicted octanol–water partition coefficient (Wildman–Crippen LogP) is 3.61. The first-order valence-corrected chi connectivity index (χ1v) is 7.97. The van der Waals surface area contributed by atoms with E-state index in [2.05, 4.69) is 22.0 Å². The lowest BCUT2D eigenvalue weighted by atomic mass is 10.1. The second-order valence-electron chi connectivity index (χ2n) is 5.46. The Balaban J connectivity index is 1.80. The molecule has 2 aromatic rings. The summed E-state index contributed by atoms with van der Waals surface area (Å²) in [7, 11) is 0. The number of aryl methyl sites for hydroxylation is 2. The minimum Gasteiger partial charge on any atom is -0.378 e. The van der Waals surface area contributed by atoms with Crippen LogP contribution in [0.4, 0.5) is 17.1 Å². The standard InChI is InChI=1S/C17H20N4O2S/c1-12-9-13(2)11-14(10-12)20-17(24)19-8-7-18-15-5-3-4-6-16(15)21(22)23/h3-6,9-11,18H,7-8H2,1-2H3,(H2,19,20,24). The molecule has 7 heteroatoms. The van der Waals surface area contributed by atoms with Crippen LogP contribution >= 0.6 is 12.2 Å². The molecule has 2 aromatic carbocycles. The van der Waals surface area contributed by atoms with E-state index in [9.17, 15) is 10.1 Å². The molecule has 0 radical (unpaired) electrons. The highest BCUT2D eigenvalue weighted by Crippen LogP contribution is 2.22. The fraction of sp³-hybridized carbons (Fsp3) is 0.235. The first-order chi connectivity index (χ1) is 11.5. The SMILES string of the molecule is Cc1cc(C)cc(NC(=S)NCCNc2ccccc2[N+](=O)[O-])c1. The summed E-state index contributed by atoms with van der Waals surface area (Å²) >= 11 is 5.26. The third-order valence-electron chi connectivity index (χ3n) is 3.31. The number of nitrogens with zero attached hydrogens (tertiary/aromatic N) is 1. The summed E-state index contributed by atoms with van der Waals surface area (Å²) in [5.74, 6) is 0. The van der Waals surface area contributed by atoms with E-state index in [4.69, 9.17) is 12.2 Å². The van der Waals surface area contributed by atoms with Gasteiger partial charge in [0.1, 0.15) is 5.69 Å². The average molecular weight is 344 g/mol. The molecule has 0 saturated heterocycles. The van der Waals surface area contributed by atoms with Gasteiger partial charge in [-0.25, -0.2) is 0 Å². The summed E-state index contributed by atoms with van der Waals surface area (Å²) in [6.07, 6.45) is 0. The van der Waals surface area contributed by atoms with E-state index >= 15 is 0 Å². The average Bonchev–Trinajstić information content (AvgIpc) is 2.50. The summed E-state index contributed by atoms with van der Waals surface area (Å²) in [5.41, 5.74) is 3.83. The van der Waals surface area contributed by atoms with Gasteiger partial charge in [0.15, 0.2) is 5.11 Å². The molecule has 0 spiro atoms. The third-order valence-corrected chi connectivity index (χ3v) is 3.55. The van der Waals surface area contributed by atoms with Gasteiger partial charge in [0.2, 0.25) is 0 Å². The molecule has 0 atom stereocenters. The lowest BCUT2D eigenvalue weighted by Crippen LogP contribution is -2.32. The predicted molar refractivity (Wildman–Crippen MR) is 102 cm³/mol. The van der Waals surface area contributed by atoms with Crippen LogP contribution in [0.2, 0.25) is 0 Å². The van der Waals surface area contributed by atoms with E-state index in [-0.39, 0.29) is 5.69 Å². The number of para-hydroxylation sites is 2. The van der Waals surface area contributed by atoms with Gasteiger partial charge >= 0.3 is 0 Å². The van der Waals surface area contributed by atoms with Crippen LogP contribution in [0.15, 0.2) is 42.5 Å². The van der Waals surface area contributed by atoms with Crippen LogP contribution in [0.25, 0.3) is 0 Å². The van der Waals surface area contributed by atoms with Gasteiger partial charge < -0.3 is 16.0 Å². The molecule has 0 saturated carbocycles. The highest BCUT2D eigenvalue weighted by atomic mass is 32.1. The zero-order valence-corrected chi connectivity index (χ0v) is 14.4. The van der Waals surface area contributed by atoms with E-state index in [1.807, 2.05) is 26.0 Å². The van der Waals surface area contributed by atoms with E-state index < -0.39 is 4.92 Å². The molecule has 6 nitrogen and oxygen atoms in total. The number of nitrogens with one attached hydrogen (secondary N) is 3. The minimum absolute atomic E-state index is 0.0634. The molecule has 24 heavy (non-hydrogen) atoms. The van der Waals surface area contributed by atoms with Crippen molar-refractivity contribution in [3.05, 3.63) is 63.7 Å². The zero-order valence-electron chi connectivity index (χ0n) is 13.6. The largest absolute Gasteiger partial charge is 0.378 e. The Hall–Kier alpha value is -2.67. The minimum atomic E-state index is -0.401. The Morgan fingerprint density at radius 1 is 1.12 bits per heavy atom. The van der Waals surface area contributed by atoms with E-state index in [1.165, 1.54) is 17.2 Å². The van der Waals surface area contributed by atoms with E-state index in [1.54, 1.807) is 18.2 Å². The van der Waals surface area contributed by atoms with Crippen molar-refractivity contribution in [2.45, 2.75) is 13.8 Å². The summed E-state index contributed by atoms with van der Waals surface area (Å²) < 4.78 is 0. The van der Waals surface area contributed by atoms with E-state index in [0.717, 1.165) is 5.69 Å². The van der Waals surface area contributed by atoms with Crippen molar-refractivity contribution in [3.8, 4) is 0 Å². The highest BCUT2D eigenvalue weighted by Gasteiger charge is 2.11. The Labute approximate surface area is 146 Å². The molecular formula is C17H20N4O2S. The van der Waals surface area contributed by atoms with Crippen LogP contribution in [-0.4, -0.2) is 23.1 Å². The number of thiocarbonyl (C=S) groups is 1. The Morgan fingerprint density at radius 2 is 1.79 bits per heavy atom. The Kier molecular flexibility index (Phi) is 6.08. The van der Waals surface area contributed by atoms with Gasteiger partial charge in [-0.1, -0.05) is 18.2 Å². The van der Waals surface area contributed by atoms with Crippen LogP contribution in [-0.2, 0) is 0 Å². The van der Waals surface area contributed by atoms with Crippen molar-refractivity contribution in [2.24, 2.45) is 0 Å². The lowest BCUT2D eigenvalue weighted by Gasteiger charge is -2.12. The van der Waals surface area contributed by atoms with Gasteiger partial charge in [0.05, 0.1) is 4.92 Å². The number of hydrogen-bond acceptors (Lipinski definition) is 4. The zero-order chi connectivity index (χ0) is 17.5. The molecule has 0 unspecified atom stereocenters. The number of rotatable bonds is 6. The highest BCUT2D eigenvalue weighted by molar-refractivity contribution is 7.80. The maximum atomic E-state index is 10.9. The van der Waals surface area contributed by atoms with Crippen LogP contribution in [0.5, 0.6) is 0 Å². The van der Waals surface area contributed by atoms with Crippen molar-refractivity contribution < 1.29 is 4.92 Å². The van der Waals surface area contributed by atoms with Gasteiger partial charge in [0, 0.05) is 24.8 Å². The number of nitro groups is 1. The number of anilines is 2. The van der Waals surface area contributed by atoms with Crippen molar-refractivity contribution in [2.75, 3.05) is 23.7 Å². The number of hydrogen-bond donors (Lipinski definition) is 3. The lowest BCUT2D eigenvalue weighted by molar-refractivity contribution is -0.384. The Bertz CT molecular complexity index is 729. The van der Waals surface area contributed by atoms with Gasteiger partial charge in [0.25, 0.3) is 5.69 Å². The molecule has 0 aliphatic rings. The first kappa shape index (κ1) is 17.7. The molecule has 2 rings (SSSR count). The second-order valence-corrected chi connectivity index (χ2v) is 5.87. The molecule has 0 aromatic heterocycles. The number of nitro benzene ring substituents is 1. The fourth-order valence-electron chi connectivity index (χ4n) is 2.38. The molecular weight excluding hydrogens is 324 g/mol. The van der Waals surface area contributed by atoms with Gasteiger partial charge in [-0.15, -0.1) is 0 Å². The third kappa shape index (κ3) is 5.20. The first-order valence-electron chi connectivity index (χ1n) is 7.56. The molecule has 0 fully saturated rings. The summed E-state index contributed by atoms with van der Waals surface area (Å²) in [6.45, 7) is 5.12. The van der Waals surface area contributed by atoms with Gasteiger partial charge in [-0.2, -0.15) is 0 Å². The quantitative estimate of drug-likeness (QED) is 0.321. The van der Waals surface area contributed by atoms with Crippen molar-refractivity contribution in [1.29, 1.82) is 0 Å². The molecule has 0 aliphatic heterocycles. The maximum Gasteiger partial charge on any atom is 0.292 e. The molecule has 3 N–H and O–H groups in total. The van der Waals surface area contributed by atoms with Crippen LogP contribution in [0.1, 0.15) is 11.1 Å². The van der Waals surface area contributed by atoms with Crippen LogP contribution in [0, 0.1) is 24.0 Å². The monoisotopic (exact) mass is 344 g/mol. The summed E-state index contributed by atoms with van der Waals surface area (Å²) in [5, 5.41) is 20.7. The Morgan fingerprint density at radius 3 is 2.46 bits per heavy atom. The van der Waals surface area contributed by atoms with Crippen LogP contribution < -0.4 is 16.0 Å². The normalized spacial score (nSPS) is 10.1. The maximum absolute atomic E-state index is 10.9. The molecule has 0 heterocycles. The molecule has 0 bridgehead atoms. The smallest absolute Gasteiger partial charge is 0.292 e.